The summed E-state index contributed by atoms with van der Waals surface area (Å²) in [6.45, 7) is 4.50. The van der Waals surface area contributed by atoms with E-state index in [0.717, 1.165) is 37.0 Å². The van der Waals surface area contributed by atoms with E-state index in [1.165, 1.54) is 0 Å². The number of thiol groups is 1. The van der Waals surface area contributed by atoms with Crippen molar-refractivity contribution in [3.8, 4) is 28.7 Å². The summed E-state index contributed by atoms with van der Waals surface area (Å²) in [4.78, 5) is 17.2. The normalized spacial score (nSPS) is 14.6. The molecule has 1 aromatic heterocycles. The number of halogens is 1. The maximum Gasteiger partial charge on any atom is 0.250 e. The molecule has 11 heteroatoms. The average molecular weight is 597 g/mol. The van der Waals surface area contributed by atoms with Crippen LogP contribution in [0.2, 0.25) is 5.02 Å². The number of methoxy groups -OCH3 is 2. The van der Waals surface area contributed by atoms with Crippen molar-refractivity contribution in [2.24, 2.45) is 11.7 Å². The number of imidazole rings is 1. The summed E-state index contributed by atoms with van der Waals surface area (Å²) in [6, 6.07) is 12.7. The number of rotatable bonds is 10. The van der Waals surface area contributed by atoms with Crippen molar-refractivity contribution in [3.63, 3.8) is 0 Å². The number of amides is 1. The molecule has 0 radical (unpaired) electrons. The fraction of sp³-hybridized carbons (Fsp3) is 0.333. The van der Waals surface area contributed by atoms with Crippen LogP contribution in [0.1, 0.15) is 41.8 Å². The van der Waals surface area contributed by atoms with Crippen LogP contribution in [0.15, 0.2) is 53.7 Å². The molecule has 1 saturated heterocycles. The van der Waals surface area contributed by atoms with Crippen LogP contribution in [0.25, 0.3) is 16.7 Å². The quantitative estimate of drug-likeness (QED) is 0.204. The Labute approximate surface area is 249 Å². The third kappa shape index (κ3) is 6.05. The molecule has 0 spiro atoms. The van der Waals surface area contributed by atoms with Crippen molar-refractivity contribution >= 4 is 41.2 Å². The molecule has 216 valence electrons. The lowest BCUT2D eigenvalue weighted by atomic mass is 9.99. The van der Waals surface area contributed by atoms with Gasteiger partial charge in [-0.05, 0) is 50.9 Å². The predicted molar refractivity (Wildman–Crippen MR) is 162 cm³/mol. The maximum absolute atomic E-state index is 12.4. The Bertz CT molecular complexity index is 1570. The van der Waals surface area contributed by atoms with Crippen molar-refractivity contribution in [2.75, 3.05) is 33.9 Å². The molecular formula is C30H33ClN4O5S. The topological polar surface area (TPSA) is 110 Å². The van der Waals surface area contributed by atoms with Gasteiger partial charge in [0.05, 0.1) is 53.0 Å². The summed E-state index contributed by atoms with van der Waals surface area (Å²) in [5.74, 6) is 1.95. The van der Waals surface area contributed by atoms with E-state index in [0.29, 0.717) is 56.6 Å². The van der Waals surface area contributed by atoms with Gasteiger partial charge in [-0.1, -0.05) is 23.7 Å². The number of aromatic nitrogens is 2. The van der Waals surface area contributed by atoms with Gasteiger partial charge in [0.25, 0.3) is 0 Å². The molecule has 2 heterocycles. The largest absolute Gasteiger partial charge is 0.493 e. The number of hydrogen-bond donors (Lipinski definition) is 3. The number of fused-ring (bicyclic) bond motifs is 1. The molecule has 3 N–H and O–H groups in total. The lowest BCUT2D eigenvalue weighted by molar-refractivity contribution is 0.0996. The lowest BCUT2D eigenvalue weighted by Gasteiger charge is -2.24. The van der Waals surface area contributed by atoms with Gasteiger partial charge in [0.2, 0.25) is 5.91 Å². The Morgan fingerprint density at radius 3 is 2.56 bits per heavy atom. The minimum atomic E-state index is -0.635. The van der Waals surface area contributed by atoms with Gasteiger partial charge in [0.1, 0.15) is 23.9 Å². The smallest absolute Gasteiger partial charge is 0.250 e. The molecule has 5 rings (SSSR count). The summed E-state index contributed by atoms with van der Waals surface area (Å²) >= 11 is 11.4. The summed E-state index contributed by atoms with van der Waals surface area (Å²) < 4.78 is 25.2. The predicted octanol–water partition coefficient (Wildman–Crippen LogP) is 5.60. The zero-order valence-corrected chi connectivity index (χ0v) is 24.8. The first-order valence-electron chi connectivity index (χ1n) is 13.4. The number of benzene rings is 3. The van der Waals surface area contributed by atoms with Gasteiger partial charge in [-0.3, -0.25) is 9.36 Å². The van der Waals surface area contributed by atoms with Crippen molar-refractivity contribution in [2.45, 2.75) is 30.8 Å². The van der Waals surface area contributed by atoms with Gasteiger partial charge in [0, 0.05) is 23.8 Å². The van der Waals surface area contributed by atoms with Gasteiger partial charge in [-0.25, -0.2) is 4.98 Å². The van der Waals surface area contributed by atoms with Crippen LogP contribution >= 0.6 is 24.2 Å². The van der Waals surface area contributed by atoms with E-state index < -0.39 is 12.0 Å². The van der Waals surface area contributed by atoms with E-state index in [4.69, 9.17) is 36.3 Å². The summed E-state index contributed by atoms with van der Waals surface area (Å²) in [5, 5.41) is 3.86. The van der Waals surface area contributed by atoms with Crippen LogP contribution in [-0.4, -0.2) is 49.4 Å². The van der Waals surface area contributed by atoms with Crippen LogP contribution in [-0.2, 0) is 0 Å². The van der Waals surface area contributed by atoms with E-state index in [1.807, 2.05) is 35.8 Å². The molecule has 1 amide bonds. The van der Waals surface area contributed by atoms with Crippen LogP contribution in [0.4, 0.5) is 0 Å². The molecule has 1 atom stereocenters. The molecule has 0 aliphatic carbocycles. The lowest BCUT2D eigenvalue weighted by Crippen LogP contribution is -2.30. The van der Waals surface area contributed by atoms with E-state index >= 15 is 0 Å². The summed E-state index contributed by atoms with van der Waals surface area (Å²) in [5.41, 5.74) is 8.73. The summed E-state index contributed by atoms with van der Waals surface area (Å²) in [6.07, 6.45) is 3.31. The number of carbonyl (C=O) groups excluding carboxylic acids is 1. The highest BCUT2D eigenvalue weighted by molar-refractivity contribution is 7.80. The molecular weight excluding hydrogens is 564 g/mol. The molecule has 1 fully saturated rings. The number of nitrogens with two attached hydrogens (primary N) is 1. The summed E-state index contributed by atoms with van der Waals surface area (Å²) in [7, 11) is 3.13. The van der Waals surface area contributed by atoms with E-state index in [9.17, 15) is 4.79 Å². The van der Waals surface area contributed by atoms with Crippen molar-refractivity contribution in [3.05, 3.63) is 64.9 Å². The van der Waals surface area contributed by atoms with E-state index in [2.05, 4.69) is 22.9 Å². The highest BCUT2D eigenvalue weighted by atomic mass is 35.5. The zero-order valence-electron chi connectivity index (χ0n) is 23.1. The maximum atomic E-state index is 12.4. The molecule has 1 aliphatic rings. The van der Waals surface area contributed by atoms with Crippen molar-refractivity contribution < 1.29 is 23.7 Å². The average Bonchev–Trinajstić information content (AvgIpc) is 3.40. The Morgan fingerprint density at radius 1 is 1.12 bits per heavy atom. The number of primary amides is 1. The first kappa shape index (κ1) is 28.9. The molecule has 3 aromatic carbocycles. The molecule has 0 unspecified atom stereocenters. The molecule has 0 saturated carbocycles. The van der Waals surface area contributed by atoms with Gasteiger partial charge in [-0.2, -0.15) is 0 Å². The first-order chi connectivity index (χ1) is 19.8. The number of nitrogens with one attached hydrogen (secondary N) is 1. The molecule has 4 aromatic rings. The van der Waals surface area contributed by atoms with Gasteiger partial charge in [-0.15, -0.1) is 12.6 Å². The standard InChI is InChI=1S/C30H33ClN4O5S/c1-17(20-5-4-6-24(28(20)31)39-15-18-7-9-33-10-8-18)40-27-12-19(11-21(29(27)41)30(32)36)35-16-34-22-13-25(37-2)26(38-3)14-23(22)35/h4-6,11-14,16-18,33,41H,7-10,15H2,1-3H3,(H2,32,36)/t17-/m1/s1. The third-order valence-corrected chi connectivity index (χ3v) is 8.19. The Balaban J connectivity index is 1.46. The molecule has 9 nitrogen and oxygen atoms in total. The first-order valence-corrected chi connectivity index (χ1v) is 14.2. The minimum Gasteiger partial charge on any atom is -0.493 e. The second-order valence-corrected chi connectivity index (χ2v) is 10.8. The van der Waals surface area contributed by atoms with Crippen LogP contribution in [0.3, 0.4) is 0 Å². The number of carbonyl (C=O) groups is 1. The SMILES string of the molecule is COc1cc2ncn(-c3cc(O[C@H](C)c4cccc(OCC5CCNCC5)c4Cl)c(S)c(C(N)=O)c3)c2cc1OC. The van der Waals surface area contributed by atoms with Crippen molar-refractivity contribution in [1.82, 2.24) is 14.9 Å². The van der Waals surface area contributed by atoms with Crippen LogP contribution < -0.4 is 30.0 Å². The fourth-order valence-electron chi connectivity index (χ4n) is 5.01. The zero-order chi connectivity index (χ0) is 29.1. The Hall–Kier alpha value is -3.60. The fourth-order valence-corrected chi connectivity index (χ4v) is 5.64. The molecule has 1 aliphatic heterocycles. The number of piperidine rings is 1. The number of hydrogen-bond acceptors (Lipinski definition) is 8. The second kappa shape index (κ2) is 12.5. The van der Waals surface area contributed by atoms with Gasteiger partial charge < -0.3 is 30.0 Å². The highest BCUT2D eigenvalue weighted by Crippen LogP contribution is 2.39. The van der Waals surface area contributed by atoms with E-state index in [1.54, 1.807) is 38.7 Å². The van der Waals surface area contributed by atoms with Gasteiger partial charge in [0.15, 0.2) is 11.5 Å². The molecule has 0 bridgehead atoms. The second-order valence-electron chi connectivity index (χ2n) is 9.94. The Kier molecular flexibility index (Phi) is 8.82. The van der Waals surface area contributed by atoms with Crippen LogP contribution in [0, 0.1) is 5.92 Å². The van der Waals surface area contributed by atoms with Crippen LogP contribution in [0.5, 0.6) is 23.0 Å². The number of nitrogens with zero attached hydrogens (tertiary/aromatic N) is 2. The number of ether oxygens (including phenoxy) is 4. The Morgan fingerprint density at radius 2 is 1.85 bits per heavy atom. The molecule has 41 heavy (non-hydrogen) atoms. The highest BCUT2D eigenvalue weighted by Gasteiger charge is 2.22. The third-order valence-electron chi connectivity index (χ3n) is 7.32. The monoisotopic (exact) mass is 596 g/mol. The minimum absolute atomic E-state index is 0.209. The van der Waals surface area contributed by atoms with Gasteiger partial charge >= 0.3 is 0 Å². The van der Waals surface area contributed by atoms with Crippen molar-refractivity contribution in [1.29, 1.82) is 0 Å². The van der Waals surface area contributed by atoms with E-state index in [-0.39, 0.29) is 5.56 Å².